The van der Waals surface area contributed by atoms with Gasteiger partial charge < -0.3 is 14.6 Å². The standard InChI is InChI=1S/C22H39NO5/c1-4-19(23(5-2)6-3)22(26)27-16-14-12-10-8-7-9-11-13-15-18-17-20(24)28-21(18)25/h17,19,21,25H,4-16H2,1-3H3. The summed E-state index contributed by atoms with van der Waals surface area (Å²) >= 11 is 0. The molecule has 162 valence electrons. The number of carbonyl (C=O) groups excluding carboxylic acids is 2. The van der Waals surface area contributed by atoms with Gasteiger partial charge in [0, 0.05) is 11.6 Å². The van der Waals surface area contributed by atoms with E-state index in [9.17, 15) is 14.7 Å². The lowest BCUT2D eigenvalue weighted by Crippen LogP contribution is -2.41. The molecule has 0 saturated carbocycles. The molecule has 2 unspecified atom stereocenters. The summed E-state index contributed by atoms with van der Waals surface area (Å²) in [6.45, 7) is 8.44. The van der Waals surface area contributed by atoms with E-state index < -0.39 is 12.3 Å². The molecule has 0 aromatic heterocycles. The highest BCUT2D eigenvalue weighted by molar-refractivity contribution is 5.85. The van der Waals surface area contributed by atoms with Crippen molar-refractivity contribution in [1.29, 1.82) is 0 Å². The average Bonchev–Trinajstić information content (AvgIpc) is 3.00. The number of likely N-dealkylation sites (N-methyl/N-ethyl adjacent to an activating group) is 1. The van der Waals surface area contributed by atoms with Gasteiger partial charge in [-0.1, -0.05) is 59.3 Å². The molecule has 1 aliphatic heterocycles. The molecule has 0 bridgehead atoms. The third-order valence-corrected chi connectivity index (χ3v) is 5.36. The van der Waals surface area contributed by atoms with Crippen LogP contribution in [0.3, 0.4) is 0 Å². The zero-order valence-corrected chi connectivity index (χ0v) is 18.0. The van der Waals surface area contributed by atoms with Crippen LogP contribution >= 0.6 is 0 Å². The molecule has 2 atom stereocenters. The number of rotatable bonds is 16. The number of esters is 2. The molecule has 1 N–H and O–H groups in total. The van der Waals surface area contributed by atoms with Gasteiger partial charge in [-0.3, -0.25) is 9.69 Å². The zero-order valence-electron chi connectivity index (χ0n) is 18.0. The number of carbonyl (C=O) groups is 2. The van der Waals surface area contributed by atoms with Crippen molar-refractivity contribution in [2.45, 2.75) is 97.3 Å². The fraction of sp³-hybridized carbons (Fsp3) is 0.818. The van der Waals surface area contributed by atoms with Crippen LogP contribution in [-0.2, 0) is 19.1 Å². The van der Waals surface area contributed by atoms with Crippen LogP contribution in [0.1, 0.15) is 85.0 Å². The summed E-state index contributed by atoms with van der Waals surface area (Å²) in [5, 5.41) is 9.49. The molecule has 1 heterocycles. The lowest BCUT2D eigenvalue weighted by molar-refractivity contribution is -0.151. The largest absolute Gasteiger partial charge is 0.465 e. The van der Waals surface area contributed by atoms with Crippen molar-refractivity contribution < 1.29 is 24.2 Å². The first-order chi connectivity index (χ1) is 13.5. The summed E-state index contributed by atoms with van der Waals surface area (Å²) < 4.78 is 10.1. The van der Waals surface area contributed by atoms with Gasteiger partial charge in [0.15, 0.2) is 0 Å². The molecule has 1 aliphatic rings. The predicted molar refractivity (Wildman–Crippen MR) is 110 cm³/mol. The van der Waals surface area contributed by atoms with Gasteiger partial charge in [0.05, 0.1) is 6.61 Å². The van der Waals surface area contributed by atoms with Crippen LogP contribution in [0, 0.1) is 0 Å². The van der Waals surface area contributed by atoms with Crippen LogP contribution in [0.2, 0.25) is 0 Å². The molecule has 0 radical (unpaired) electrons. The third-order valence-electron chi connectivity index (χ3n) is 5.36. The Morgan fingerprint density at radius 1 is 1.07 bits per heavy atom. The second kappa shape index (κ2) is 14.6. The zero-order chi connectivity index (χ0) is 20.8. The van der Waals surface area contributed by atoms with Gasteiger partial charge in [-0.2, -0.15) is 0 Å². The van der Waals surface area contributed by atoms with Gasteiger partial charge in [-0.25, -0.2) is 4.79 Å². The molecule has 0 spiro atoms. The van der Waals surface area contributed by atoms with Crippen LogP contribution in [0.5, 0.6) is 0 Å². The van der Waals surface area contributed by atoms with Gasteiger partial charge in [0.25, 0.3) is 0 Å². The number of hydrogen-bond donors (Lipinski definition) is 1. The van der Waals surface area contributed by atoms with Gasteiger partial charge in [0.2, 0.25) is 6.29 Å². The minimum absolute atomic E-state index is 0.0826. The summed E-state index contributed by atoms with van der Waals surface area (Å²) in [5.74, 6) is -0.521. The first kappa shape index (κ1) is 24.6. The number of ether oxygens (including phenoxy) is 2. The maximum atomic E-state index is 12.2. The van der Waals surface area contributed by atoms with Crippen molar-refractivity contribution in [2.75, 3.05) is 19.7 Å². The van der Waals surface area contributed by atoms with E-state index >= 15 is 0 Å². The predicted octanol–water partition coefficient (Wildman–Crippen LogP) is 3.96. The quantitative estimate of drug-likeness (QED) is 0.314. The molecule has 0 fully saturated rings. The fourth-order valence-electron chi connectivity index (χ4n) is 3.64. The molecule has 6 heteroatoms. The Kier molecular flexibility index (Phi) is 12.8. The Hall–Kier alpha value is -1.40. The second-order valence-electron chi connectivity index (χ2n) is 7.40. The smallest absolute Gasteiger partial charge is 0.333 e. The summed E-state index contributed by atoms with van der Waals surface area (Å²) in [6.07, 6.45) is 10.7. The molecule has 28 heavy (non-hydrogen) atoms. The molecular formula is C22H39NO5. The Labute approximate surface area is 170 Å². The Morgan fingerprint density at radius 3 is 2.14 bits per heavy atom. The van der Waals surface area contributed by atoms with Gasteiger partial charge in [-0.05, 0) is 38.8 Å². The summed E-state index contributed by atoms with van der Waals surface area (Å²) in [5.41, 5.74) is 0.700. The highest BCUT2D eigenvalue weighted by Gasteiger charge is 2.23. The van der Waals surface area contributed by atoms with Crippen LogP contribution in [0.25, 0.3) is 0 Å². The Balaban J connectivity index is 1.95. The van der Waals surface area contributed by atoms with Crippen molar-refractivity contribution >= 4 is 11.9 Å². The lowest BCUT2D eigenvalue weighted by atomic mass is 10.0. The monoisotopic (exact) mass is 397 g/mol. The van der Waals surface area contributed by atoms with E-state index in [2.05, 4.69) is 23.5 Å². The first-order valence-electron chi connectivity index (χ1n) is 11.0. The maximum absolute atomic E-state index is 12.2. The van der Waals surface area contributed by atoms with E-state index in [0.29, 0.717) is 12.2 Å². The van der Waals surface area contributed by atoms with Crippen molar-refractivity contribution in [3.05, 3.63) is 11.6 Å². The minimum Gasteiger partial charge on any atom is -0.465 e. The van der Waals surface area contributed by atoms with E-state index in [4.69, 9.17) is 4.74 Å². The molecule has 1 rings (SSSR count). The summed E-state index contributed by atoms with van der Waals surface area (Å²) in [7, 11) is 0. The SMILES string of the molecule is CCC(C(=O)OCCCCCCCCCCC1=CC(=O)OC1O)N(CC)CC. The third kappa shape index (κ3) is 9.20. The number of aliphatic hydroxyl groups is 1. The van der Waals surface area contributed by atoms with Crippen LogP contribution in [0.15, 0.2) is 11.6 Å². The molecule has 0 aliphatic carbocycles. The normalized spacial score (nSPS) is 17.5. The molecule has 0 amide bonds. The van der Waals surface area contributed by atoms with Crippen molar-refractivity contribution in [3.63, 3.8) is 0 Å². The van der Waals surface area contributed by atoms with Crippen molar-refractivity contribution in [1.82, 2.24) is 4.90 Å². The number of unbranched alkanes of at least 4 members (excludes halogenated alkanes) is 7. The molecule has 6 nitrogen and oxygen atoms in total. The molecule has 0 aromatic rings. The van der Waals surface area contributed by atoms with Crippen molar-refractivity contribution in [3.8, 4) is 0 Å². The van der Waals surface area contributed by atoms with Crippen molar-refractivity contribution in [2.24, 2.45) is 0 Å². The number of hydrogen-bond acceptors (Lipinski definition) is 6. The number of aliphatic hydroxyl groups excluding tert-OH is 1. The van der Waals surface area contributed by atoms with Gasteiger partial charge in [0.1, 0.15) is 6.04 Å². The Morgan fingerprint density at radius 2 is 1.64 bits per heavy atom. The highest BCUT2D eigenvalue weighted by Crippen LogP contribution is 2.20. The van der Waals surface area contributed by atoms with E-state index in [1.807, 2.05) is 6.92 Å². The molecule has 0 aromatic carbocycles. The molecule has 0 saturated heterocycles. The fourth-order valence-corrected chi connectivity index (χ4v) is 3.64. The second-order valence-corrected chi connectivity index (χ2v) is 7.40. The van der Waals surface area contributed by atoms with Gasteiger partial charge >= 0.3 is 11.9 Å². The Bertz CT molecular complexity index is 487. The lowest BCUT2D eigenvalue weighted by Gasteiger charge is -2.26. The van der Waals surface area contributed by atoms with E-state index in [1.165, 1.54) is 18.9 Å². The summed E-state index contributed by atoms with van der Waals surface area (Å²) in [4.78, 5) is 25.3. The van der Waals surface area contributed by atoms with E-state index in [0.717, 1.165) is 64.5 Å². The molecular weight excluding hydrogens is 358 g/mol. The van der Waals surface area contributed by atoms with Crippen LogP contribution in [-0.4, -0.2) is 54.0 Å². The average molecular weight is 398 g/mol. The van der Waals surface area contributed by atoms with E-state index in [-0.39, 0.29) is 12.0 Å². The minimum atomic E-state index is -1.03. The van der Waals surface area contributed by atoms with Gasteiger partial charge in [-0.15, -0.1) is 0 Å². The number of nitrogens with zero attached hydrogens (tertiary/aromatic N) is 1. The van der Waals surface area contributed by atoms with Crippen LogP contribution < -0.4 is 0 Å². The topological polar surface area (TPSA) is 76.1 Å². The maximum Gasteiger partial charge on any atom is 0.333 e. The highest BCUT2D eigenvalue weighted by atomic mass is 16.6. The van der Waals surface area contributed by atoms with Crippen LogP contribution in [0.4, 0.5) is 0 Å². The van der Waals surface area contributed by atoms with E-state index in [1.54, 1.807) is 0 Å². The summed E-state index contributed by atoms with van der Waals surface area (Å²) in [6, 6.07) is -0.110. The first-order valence-corrected chi connectivity index (χ1v) is 11.0. The number of cyclic esters (lactones) is 1.